The molecule has 0 bridgehead atoms. The van der Waals surface area contributed by atoms with Crippen LogP contribution in [0.1, 0.15) is 18.9 Å². The standard InChI is InChI=1S/C13H18O3S/c1-10(14)6-7-17-12-5-3-4-11(8-12)9-13(15)16-2/h3-5,8,10,14H,6-7,9H2,1-2H3. The van der Waals surface area contributed by atoms with Gasteiger partial charge in [0.25, 0.3) is 0 Å². The fourth-order valence-electron chi connectivity index (χ4n) is 1.33. The van der Waals surface area contributed by atoms with Gasteiger partial charge < -0.3 is 9.84 Å². The first-order valence-corrected chi connectivity index (χ1v) is 6.57. The highest BCUT2D eigenvalue weighted by Crippen LogP contribution is 2.20. The average Bonchev–Trinajstić information content (AvgIpc) is 2.29. The molecule has 0 amide bonds. The van der Waals surface area contributed by atoms with E-state index in [0.29, 0.717) is 6.42 Å². The third-order valence-corrected chi connectivity index (χ3v) is 3.31. The molecule has 1 aromatic carbocycles. The zero-order chi connectivity index (χ0) is 12.7. The number of thioether (sulfide) groups is 1. The van der Waals surface area contributed by atoms with Crippen molar-refractivity contribution in [2.75, 3.05) is 12.9 Å². The molecule has 0 aliphatic rings. The summed E-state index contributed by atoms with van der Waals surface area (Å²) in [6, 6.07) is 7.84. The van der Waals surface area contributed by atoms with Crippen LogP contribution in [0.25, 0.3) is 0 Å². The molecule has 0 aliphatic heterocycles. The number of aliphatic hydroxyl groups is 1. The Kier molecular flexibility index (Phi) is 6.08. The van der Waals surface area contributed by atoms with Crippen LogP contribution in [-0.4, -0.2) is 30.0 Å². The third-order valence-electron chi connectivity index (χ3n) is 2.28. The minimum absolute atomic E-state index is 0.226. The zero-order valence-electron chi connectivity index (χ0n) is 10.2. The second kappa shape index (κ2) is 7.35. The fourth-order valence-corrected chi connectivity index (χ4v) is 2.44. The lowest BCUT2D eigenvalue weighted by Crippen LogP contribution is -2.04. The highest BCUT2D eigenvalue weighted by Gasteiger charge is 2.04. The monoisotopic (exact) mass is 254 g/mol. The SMILES string of the molecule is COC(=O)Cc1cccc(SCCC(C)O)c1. The summed E-state index contributed by atoms with van der Waals surface area (Å²) in [6.45, 7) is 1.79. The normalized spacial score (nSPS) is 12.2. The molecule has 0 spiro atoms. The fraction of sp³-hybridized carbons (Fsp3) is 0.462. The lowest BCUT2D eigenvalue weighted by atomic mass is 10.1. The summed E-state index contributed by atoms with van der Waals surface area (Å²) in [6.07, 6.45) is 0.813. The summed E-state index contributed by atoms with van der Waals surface area (Å²) in [5.74, 6) is 0.649. The van der Waals surface area contributed by atoms with Crippen LogP contribution in [0.4, 0.5) is 0 Å². The highest BCUT2D eigenvalue weighted by molar-refractivity contribution is 7.99. The Morgan fingerprint density at radius 3 is 2.94 bits per heavy atom. The Morgan fingerprint density at radius 1 is 1.53 bits per heavy atom. The number of hydrogen-bond donors (Lipinski definition) is 1. The molecule has 4 heteroatoms. The highest BCUT2D eigenvalue weighted by atomic mass is 32.2. The van der Waals surface area contributed by atoms with Crippen molar-refractivity contribution < 1.29 is 14.6 Å². The number of rotatable bonds is 6. The van der Waals surface area contributed by atoms with E-state index < -0.39 is 0 Å². The Labute approximate surface area is 106 Å². The van der Waals surface area contributed by atoms with Gasteiger partial charge in [0.05, 0.1) is 19.6 Å². The molecule has 0 saturated heterocycles. The van der Waals surface area contributed by atoms with Crippen molar-refractivity contribution in [2.45, 2.75) is 30.8 Å². The van der Waals surface area contributed by atoms with Crippen LogP contribution in [-0.2, 0) is 16.0 Å². The second-order valence-corrected chi connectivity index (χ2v) is 5.05. The number of esters is 1. The number of aliphatic hydroxyl groups excluding tert-OH is 1. The van der Waals surface area contributed by atoms with Crippen LogP contribution >= 0.6 is 11.8 Å². The van der Waals surface area contributed by atoms with Gasteiger partial charge in [0.1, 0.15) is 0 Å². The molecule has 0 radical (unpaired) electrons. The van der Waals surface area contributed by atoms with Crippen LogP contribution in [0, 0.1) is 0 Å². The summed E-state index contributed by atoms with van der Waals surface area (Å²) < 4.78 is 4.63. The van der Waals surface area contributed by atoms with Crippen LogP contribution in [0.2, 0.25) is 0 Å². The van der Waals surface area contributed by atoms with E-state index in [1.54, 1.807) is 18.7 Å². The summed E-state index contributed by atoms with van der Waals surface area (Å²) in [4.78, 5) is 12.3. The molecule has 0 aliphatic carbocycles. The van der Waals surface area contributed by atoms with Gasteiger partial charge in [0.15, 0.2) is 0 Å². The van der Waals surface area contributed by atoms with Crippen molar-refractivity contribution in [3.63, 3.8) is 0 Å². The lowest BCUT2D eigenvalue weighted by molar-refractivity contribution is -0.139. The van der Waals surface area contributed by atoms with E-state index in [-0.39, 0.29) is 12.1 Å². The predicted molar refractivity (Wildman–Crippen MR) is 69.2 cm³/mol. The first-order chi connectivity index (χ1) is 8.11. The van der Waals surface area contributed by atoms with Gasteiger partial charge in [-0.25, -0.2) is 0 Å². The van der Waals surface area contributed by atoms with Gasteiger partial charge in [0.2, 0.25) is 0 Å². The number of methoxy groups -OCH3 is 1. The van der Waals surface area contributed by atoms with E-state index in [1.165, 1.54) is 7.11 Å². The van der Waals surface area contributed by atoms with Gasteiger partial charge in [-0.15, -0.1) is 11.8 Å². The Hall–Kier alpha value is -1.00. The van der Waals surface area contributed by atoms with Crippen molar-refractivity contribution in [3.05, 3.63) is 29.8 Å². The number of hydrogen-bond acceptors (Lipinski definition) is 4. The van der Waals surface area contributed by atoms with Crippen LogP contribution in [0.3, 0.4) is 0 Å². The maximum Gasteiger partial charge on any atom is 0.309 e. The van der Waals surface area contributed by atoms with Gasteiger partial charge in [0, 0.05) is 10.6 Å². The first kappa shape index (κ1) is 14.1. The molecule has 1 atom stereocenters. The van der Waals surface area contributed by atoms with Crippen molar-refractivity contribution in [1.82, 2.24) is 0 Å². The van der Waals surface area contributed by atoms with E-state index in [4.69, 9.17) is 5.11 Å². The minimum Gasteiger partial charge on any atom is -0.469 e. The van der Waals surface area contributed by atoms with E-state index in [1.807, 2.05) is 24.3 Å². The molecule has 94 valence electrons. The van der Waals surface area contributed by atoms with Crippen LogP contribution in [0.15, 0.2) is 29.2 Å². The number of ether oxygens (including phenoxy) is 1. The molecular formula is C13H18O3S. The Morgan fingerprint density at radius 2 is 2.29 bits per heavy atom. The van der Waals surface area contributed by atoms with Crippen LogP contribution < -0.4 is 0 Å². The van der Waals surface area contributed by atoms with Crippen molar-refractivity contribution >= 4 is 17.7 Å². The first-order valence-electron chi connectivity index (χ1n) is 5.58. The van der Waals surface area contributed by atoms with E-state index in [9.17, 15) is 4.79 Å². The molecule has 0 aromatic heterocycles. The van der Waals surface area contributed by atoms with Crippen molar-refractivity contribution in [3.8, 4) is 0 Å². The van der Waals surface area contributed by atoms with Crippen molar-refractivity contribution in [1.29, 1.82) is 0 Å². The quantitative estimate of drug-likeness (QED) is 0.625. The number of carbonyl (C=O) groups is 1. The van der Waals surface area contributed by atoms with E-state index in [2.05, 4.69) is 4.74 Å². The number of benzene rings is 1. The Bertz CT molecular complexity index is 363. The summed E-state index contributed by atoms with van der Waals surface area (Å²) in [5.41, 5.74) is 0.957. The van der Waals surface area contributed by atoms with Gasteiger partial charge >= 0.3 is 5.97 Å². The van der Waals surface area contributed by atoms with E-state index in [0.717, 1.165) is 22.6 Å². The molecule has 0 heterocycles. The van der Waals surface area contributed by atoms with E-state index >= 15 is 0 Å². The third kappa shape index (κ3) is 5.75. The molecule has 1 unspecified atom stereocenters. The predicted octanol–water partition coefficient (Wildman–Crippen LogP) is 2.27. The second-order valence-electron chi connectivity index (χ2n) is 3.89. The molecule has 1 N–H and O–H groups in total. The lowest BCUT2D eigenvalue weighted by Gasteiger charge is -2.06. The molecule has 3 nitrogen and oxygen atoms in total. The molecule has 17 heavy (non-hydrogen) atoms. The summed E-state index contributed by atoms with van der Waals surface area (Å²) in [7, 11) is 1.39. The minimum atomic E-state index is -0.263. The smallest absolute Gasteiger partial charge is 0.309 e. The van der Waals surface area contributed by atoms with Gasteiger partial charge in [-0.1, -0.05) is 12.1 Å². The maximum atomic E-state index is 11.1. The van der Waals surface area contributed by atoms with Crippen LogP contribution in [0.5, 0.6) is 0 Å². The topological polar surface area (TPSA) is 46.5 Å². The molecule has 0 fully saturated rings. The zero-order valence-corrected chi connectivity index (χ0v) is 11.0. The molecule has 1 rings (SSSR count). The summed E-state index contributed by atoms with van der Waals surface area (Å²) >= 11 is 1.69. The molecular weight excluding hydrogens is 236 g/mol. The molecule has 1 aromatic rings. The largest absolute Gasteiger partial charge is 0.469 e. The van der Waals surface area contributed by atoms with Gasteiger partial charge in [-0.2, -0.15) is 0 Å². The number of carbonyl (C=O) groups excluding carboxylic acids is 1. The van der Waals surface area contributed by atoms with Crippen molar-refractivity contribution in [2.24, 2.45) is 0 Å². The summed E-state index contributed by atoms with van der Waals surface area (Å²) in [5, 5.41) is 9.16. The maximum absolute atomic E-state index is 11.1. The van der Waals surface area contributed by atoms with Gasteiger partial charge in [-0.05, 0) is 31.0 Å². The van der Waals surface area contributed by atoms with Gasteiger partial charge in [-0.3, -0.25) is 4.79 Å². The average molecular weight is 254 g/mol. The Balaban J connectivity index is 2.50. The molecule has 0 saturated carbocycles.